The van der Waals surface area contributed by atoms with Crippen LogP contribution in [-0.2, 0) is 9.59 Å². The van der Waals surface area contributed by atoms with E-state index < -0.39 is 0 Å². The first-order chi connectivity index (χ1) is 10.1. The molecule has 1 spiro atoms. The van der Waals surface area contributed by atoms with Crippen molar-refractivity contribution >= 4 is 11.8 Å². The van der Waals surface area contributed by atoms with Crippen molar-refractivity contribution in [3.63, 3.8) is 0 Å². The third kappa shape index (κ3) is 2.26. The molecule has 3 saturated carbocycles. The summed E-state index contributed by atoms with van der Waals surface area (Å²) >= 11 is 0. The molecule has 21 heavy (non-hydrogen) atoms. The molecular weight excluding hydrogens is 268 g/mol. The van der Waals surface area contributed by atoms with E-state index in [-0.39, 0.29) is 35.2 Å². The molecule has 0 aromatic heterocycles. The van der Waals surface area contributed by atoms with Gasteiger partial charge in [-0.05, 0) is 44.9 Å². The molecule has 2 amide bonds. The van der Waals surface area contributed by atoms with Gasteiger partial charge < -0.3 is 15.3 Å². The highest BCUT2D eigenvalue weighted by Gasteiger charge is 2.61. The normalized spacial score (nSPS) is 41.6. The highest BCUT2D eigenvalue weighted by atomic mass is 16.3. The third-order valence-electron chi connectivity index (χ3n) is 6.12. The molecule has 5 heteroatoms. The minimum Gasteiger partial charge on any atom is -0.393 e. The van der Waals surface area contributed by atoms with Crippen LogP contribution in [0.3, 0.4) is 0 Å². The van der Waals surface area contributed by atoms with Crippen LogP contribution in [-0.4, -0.2) is 47.1 Å². The first kappa shape index (κ1) is 13.6. The van der Waals surface area contributed by atoms with Crippen LogP contribution in [0.1, 0.15) is 44.9 Å². The van der Waals surface area contributed by atoms with Crippen LogP contribution in [0.15, 0.2) is 0 Å². The fraction of sp³-hybridized carbons (Fsp3) is 0.875. The number of carbonyl (C=O) groups excluding carboxylic acids is 2. The Bertz CT molecular complexity index is 470. The predicted octanol–water partition coefficient (Wildman–Crippen LogP) is 0.665. The van der Waals surface area contributed by atoms with Gasteiger partial charge in [0.05, 0.1) is 6.10 Å². The quantitative estimate of drug-likeness (QED) is 0.803. The second-order valence-corrected chi connectivity index (χ2v) is 7.59. The number of likely N-dealkylation sites (tertiary alicyclic amines) is 1. The second-order valence-electron chi connectivity index (χ2n) is 7.59. The molecule has 2 atom stereocenters. The van der Waals surface area contributed by atoms with Crippen molar-refractivity contribution in [2.75, 3.05) is 13.1 Å². The summed E-state index contributed by atoms with van der Waals surface area (Å²) in [6, 6.07) is 0.408. The molecule has 2 unspecified atom stereocenters. The molecular formula is C16H24N2O3. The number of nitrogens with one attached hydrogen (secondary N) is 1. The number of aliphatic hydroxyl groups excluding tert-OH is 1. The van der Waals surface area contributed by atoms with Gasteiger partial charge in [-0.2, -0.15) is 0 Å². The van der Waals surface area contributed by atoms with E-state index in [1.807, 2.05) is 4.90 Å². The van der Waals surface area contributed by atoms with Gasteiger partial charge in [0.2, 0.25) is 11.8 Å². The molecule has 1 heterocycles. The molecule has 1 saturated heterocycles. The maximum atomic E-state index is 12.3. The van der Waals surface area contributed by atoms with E-state index in [4.69, 9.17) is 0 Å². The third-order valence-corrected chi connectivity index (χ3v) is 6.12. The SMILES string of the molecule is O=C(NC1CCC1)C1CC12CCN(C(=O)C1CC(O)C1)C2. The molecule has 5 nitrogen and oxygen atoms in total. The Morgan fingerprint density at radius 1 is 1.24 bits per heavy atom. The summed E-state index contributed by atoms with van der Waals surface area (Å²) in [7, 11) is 0. The first-order valence-corrected chi connectivity index (χ1v) is 8.35. The standard InChI is InChI=1S/C16H24N2O3/c19-12-6-10(7-12)15(21)18-5-4-16(9-18)8-13(16)14(20)17-11-2-1-3-11/h10-13,19H,1-9H2,(H,17,20). The van der Waals surface area contributed by atoms with E-state index in [0.717, 1.165) is 38.8 Å². The Kier molecular flexibility index (Phi) is 3.03. The van der Waals surface area contributed by atoms with E-state index in [1.165, 1.54) is 6.42 Å². The number of nitrogens with zero attached hydrogens (tertiary/aromatic N) is 1. The van der Waals surface area contributed by atoms with E-state index in [2.05, 4.69) is 5.32 Å². The van der Waals surface area contributed by atoms with Crippen molar-refractivity contribution in [3.8, 4) is 0 Å². The lowest BCUT2D eigenvalue weighted by Crippen LogP contribution is -2.43. The van der Waals surface area contributed by atoms with E-state index in [9.17, 15) is 14.7 Å². The van der Waals surface area contributed by atoms with Crippen molar-refractivity contribution in [1.82, 2.24) is 10.2 Å². The van der Waals surface area contributed by atoms with Gasteiger partial charge in [-0.25, -0.2) is 0 Å². The van der Waals surface area contributed by atoms with Crippen molar-refractivity contribution in [1.29, 1.82) is 0 Å². The minimum absolute atomic E-state index is 0.0242. The van der Waals surface area contributed by atoms with Crippen LogP contribution >= 0.6 is 0 Å². The molecule has 0 radical (unpaired) electrons. The van der Waals surface area contributed by atoms with Gasteiger partial charge in [0, 0.05) is 36.4 Å². The molecule has 4 fully saturated rings. The summed E-state index contributed by atoms with van der Waals surface area (Å²) < 4.78 is 0. The maximum absolute atomic E-state index is 12.3. The molecule has 4 rings (SSSR count). The van der Waals surface area contributed by atoms with E-state index in [0.29, 0.717) is 18.9 Å². The molecule has 116 valence electrons. The van der Waals surface area contributed by atoms with Gasteiger partial charge in [0.15, 0.2) is 0 Å². The number of hydrogen-bond donors (Lipinski definition) is 2. The zero-order valence-electron chi connectivity index (χ0n) is 12.4. The summed E-state index contributed by atoms with van der Waals surface area (Å²) in [5, 5.41) is 12.5. The highest BCUT2D eigenvalue weighted by Crippen LogP contribution is 2.59. The summed E-state index contributed by atoms with van der Waals surface area (Å²) in [5.74, 6) is 0.564. The smallest absolute Gasteiger partial charge is 0.225 e. The number of aliphatic hydroxyl groups is 1. The number of hydrogen-bond acceptors (Lipinski definition) is 3. The number of rotatable bonds is 3. The Labute approximate surface area is 125 Å². The zero-order chi connectivity index (χ0) is 14.6. The second kappa shape index (κ2) is 4.70. The molecule has 1 aliphatic heterocycles. The fourth-order valence-electron chi connectivity index (χ4n) is 4.16. The van der Waals surface area contributed by atoms with Crippen molar-refractivity contribution in [2.45, 2.75) is 57.1 Å². The lowest BCUT2D eigenvalue weighted by molar-refractivity contribution is -0.141. The average Bonchev–Trinajstić information content (AvgIpc) is 2.90. The van der Waals surface area contributed by atoms with Gasteiger partial charge in [-0.15, -0.1) is 0 Å². The van der Waals surface area contributed by atoms with Crippen LogP contribution in [0.4, 0.5) is 0 Å². The molecule has 0 aromatic carbocycles. The lowest BCUT2D eigenvalue weighted by Gasteiger charge is -2.33. The topological polar surface area (TPSA) is 69.6 Å². The van der Waals surface area contributed by atoms with Crippen LogP contribution in [0, 0.1) is 17.3 Å². The largest absolute Gasteiger partial charge is 0.393 e. The first-order valence-electron chi connectivity index (χ1n) is 8.35. The lowest BCUT2D eigenvalue weighted by atomic mass is 9.81. The van der Waals surface area contributed by atoms with Crippen molar-refractivity contribution in [3.05, 3.63) is 0 Å². The monoisotopic (exact) mass is 292 g/mol. The number of carbonyl (C=O) groups is 2. The van der Waals surface area contributed by atoms with Gasteiger partial charge in [-0.3, -0.25) is 9.59 Å². The Morgan fingerprint density at radius 3 is 2.62 bits per heavy atom. The maximum Gasteiger partial charge on any atom is 0.225 e. The number of amides is 2. The van der Waals surface area contributed by atoms with Crippen molar-refractivity contribution < 1.29 is 14.7 Å². The zero-order valence-corrected chi connectivity index (χ0v) is 12.4. The van der Waals surface area contributed by atoms with Gasteiger partial charge in [0.25, 0.3) is 0 Å². The van der Waals surface area contributed by atoms with Crippen molar-refractivity contribution in [2.24, 2.45) is 17.3 Å². The molecule has 4 aliphatic rings. The van der Waals surface area contributed by atoms with Crippen LogP contribution in [0.25, 0.3) is 0 Å². The summed E-state index contributed by atoms with van der Waals surface area (Å²) in [4.78, 5) is 26.5. The van der Waals surface area contributed by atoms with E-state index >= 15 is 0 Å². The molecule has 0 aromatic rings. The Morgan fingerprint density at radius 2 is 2.00 bits per heavy atom. The average molecular weight is 292 g/mol. The molecule has 3 aliphatic carbocycles. The fourth-order valence-corrected chi connectivity index (χ4v) is 4.16. The molecule has 2 N–H and O–H groups in total. The Balaban J connectivity index is 1.30. The van der Waals surface area contributed by atoms with Gasteiger partial charge in [0.1, 0.15) is 0 Å². The van der Waals surface area contributed by atoms with Crippen LogP contribution in [0.2, 0.25) is 0 Å². The minimum atomic E-state index is -0.280. The predicted molar refractivity (Wildman–Crippen MR) is 76.2 cm³/mol. The summed E-state index contributed by atoms with van der Waals surface area (Å²) in [5.41, 5.74) is 0.0753. The van der Waals surface area contributed by atoms with Gasteiger partial charge >= 0.3 is 0 Å². The summed E-state index contributed by atoms with van der Waals surface area (Å²) in [6.45, 7) is 1.54. The van der Waals surface area contributed by atoms with E-state index in [1.54, 1.807) is 0 Å². The van der Waals surface area contributed by atoms with Gasteiger partial charge in [-0.1, -0.05) is 0 Å². The highest BCUT2D eigenvalue weighted by molar-refractivity contribution is 5.84. The van der Waals surface area contributed by atoms with Crippen LogP contribution in [0.5, 0.6) is 0 Å². The Hall–Kier alpha value is -1.10. The molecule has 0 bridgehead atoms. The van der Waals surface area contributed by atoms with Crippen LogP contribution < -0.4 is 5.32 Å². The summed E-state index contributed by atoms with van der Waals surface area (Å²) in [6.07, 6.45) is 6.36.